The van der Waals surface area contributed by atoms with Gasteiger partial charge in [0.05, 0.1) is 12.2 Å². The largest absolute Gasteiger partial charge is 0.450 e. The summed E-state index contributed by atoms with van der Waals surface area (Å²) >= 11 is 6.87. The second-order valence-corrected chi connectivity index (χ2v) is 11.3. The first-order valence-corrected chi connectivity index (χ1v) is 15.3. The van der Waals surface area contributed by atoms with Gasteiger partial charge in [0.25, 0.3) is 5.91 Å². The van der Waals surface area contributed by atoms with Crippen molar-refractivity contribution in [2.24, 2.45) is 11.7 Å². The van der Waals surface area contributed by atoms with Gasteiger partial charge in [0.2, 0.25) is 0 Å². The predicted octanol–water partition coefficient (Wildman–Crippen LogP) is 6.29. The third-order valence-electron chi connectivity index (χ3n) is 8.20. The number of rotatable bonds is 11. The number of carbonyl (C=O) groups is 2. The van der Waals surface area contributed by atoms with E-state index in [4.69, 9.17) is 22.1 Å². The third kappa shape index (κ3) is 7.33. The molecule has 2 amide bonds. The summed E-state index contributed by atoms with van der Waals surface area (Å²) in [4.78, 5) is 27.3. The zero-order valence-corrected chi connectivity index (χ0v) is 25.3. The third-order valence-corrected chi connectivity index (χ3v) is 8.52. The molecule has 0 aliphatic carbocycles. The number of likely N-dealkylation sites (tertiary alicyclic amines) is 1. The molecule has 4 N–H and O–H groups in total. The van der Waals surface area contributed by atoms with Gasteiger partial charge in [0.1, 0.15) is 0 Å². The highest BCUT2D eigenvalue weighted by Crippen LogP contribution is 2.45. The van der Waals surface area contributed by atoms with Crippen LogP contribution in [0.4, 0.5) is 4.79 Å². The normalized spacial score (nSPS) is 16.5. The molecular formula is C34H42ClN3O4. The molecule has 1 heterocycles. The van der Waals surface area contributed by atoms with Crippen molar-refractivity contribution >= 4 is 23.6 Å². The number of ether oxygens (including phenoxy) is 1. The fraction of sp³-hybridized carbons (Fsp3) is 0.412. The van der Waals surface area contributed by atoms with Crippen molar-refractivity contribution in [3.05, 3.63) is 94.0 Å². The lowest BCUT2D eigenvalue weighted by molar-refractivity contribution is -0.0563. The van der Waals surface area contributed by atoms with Crippen LogP contribution in [0.15, 0.2) is 66.7 Å². The maximum atomic E-state index is 13.5. The van der Waals surface area contributed by atoms with E-state index in [0.717, 1.165) is 41.5 Å². The summed E-state index contributed by atoms with van der Waals surface area (Å²) in [5, 5.41) is 16.1. The molecule has 0 spiro atoms. The van der Waals surface area contributed by atoms with Gasteiger partial charge in [-0.3, -0.25) is 4.79 Å². The minimum absolute atomic E-state index is 0.0587. The number of carbonyl (C=O) groups excluding carboxylic acids is 2. The zero-order valence-electron chi connectivity index (χ0n) is 24.6. The molecule has 1 aliphatic heterocycles. The smallest absolute Gasteiger partial charge is 0.407 e. The van der Waals surface area contributed by atoms with E-state index in [1.165, 1.54) is 5.56 Å². The van der Waals surface area contributed by atoms with Gasteiger partial charge in [-0.15, -0.1) is 0 Å². The van der Waals surface area contributed by atoms with Gasteiger partial charge in [-0.2, -0.15) is 0 Å². The highest BCUT2D eigenvalue weighted by atomic mass is 35.5. The lowest BCUT2D eigenvalue weighted by atomic mass is 9.72. The van der Waals surface area contributed by atoms with E-state index in [1.54, 1.807) is 6.92 Å². The van der Waals surface area contributed by atoms with Crippen molar-refractivity contribution in [3.8, 4) is 11.1 Å². The van der Waals surface area contributed by atoms with E-state index < -0.39 is 11.7 Å². The van der Waals surface area contributed by atoms with Gasteiger partial charge in [-0.25, -0.2) is 4.79 Å². The van der Waals surface area contributed by atoms with Gasteiger partial charge < -0.3 is 25.8 Å². The van der Waals surface area contributed by atoms with Crippen molar-refractivity contribution in [1.82, 2.24) is 10.2 Å². The van der Waals surface area contributed by atoms with Crippen LogP contribution < -0.4 is 11.1 Å². The number of amides is 2. The van der Waals surface area contributed by atoms with Gasteiger partial charge in [0.15, 0.2) is 0 Å². The molecule has 8 heteroatoms. The summed E-state index contributed by atoms with van der Waals surface area (Å²) < 4.78 is 5.01. The van der Waals surface area contributed by atoms with Crippen LogP contribution in [0.1, 0.15) is 66.6 Å². The van der Waals surface area contributed by atoms with Crippen LogP contribution in [0.25, 0.3) is 11.1 Å². The van der Waals surface area contributed by atoms with Gasteiger partial charge in [0, 0.05) is 48.2 Å². The quantitative estimate of drug-likeness (QED) is 0.227. The molecule has 0 saturated carbocycles. The van der Waals surface area contributed by atoms with E-state index >= 15 is 0 Å². The average Bonchev–Trinajstić information content (AvgIpc) is 3.02. The first-order valence-electron chi connectivity index (χ1n) is 14.9. The molecule has 0 bridgehead atoms. The van der Waals surface area contributed by atoms with Gasteiger partial charge in [-0.05, 0) is 79.5 Å². The number of alkyl carbamates (subject to hydrolysis) is 1. The highest BCUT2D eigenvalue weighted by Gasteiger charge is 2.43. The van der Waals surface area contributed by atoms with Crippen LogP contribution >= 0.6 is 11.6 Å². The topological polar surface area (TPSA) is 105 Å². The lowest BCUT2D eigenvalue weighted by Gasteiger charge is -2.44. The molecule has 42 heavy (non-hydrogen) atoms. The van der Waals surface area contributed by atoms with Crippen LogP contribution in [0.5, 0.6) is 0 Å². The molecule has 1 saturated heterocycles. The van der Waals surface area contributed by atoms with E-state index in [-0.39, 0.29) is 11.8 Å². The molecule has 224 valence electrons. The number of hydrogen-bond donors (Lipinski definition) is 3. The number of hydrogen-bond acceptors (Lipinski definition) is 5. The van der Waals surface area contributed by atoms with Crippen LogP contribution in [0.2, 0.25) is 5.02 Å². The number of halogens is 1. The number of nitrogens with two attached hydrogens (primary N) is 1. The second kappa shape index (κ2) is 14.7. The number of nitrogens with one attached hydrogen (secondary N) is 1. The van der Waals surface area contributed by atoms with E-state index in [9.17, 15) is 14.7 Å². The van der Waals surface area contributed by atoms with Crippen LogP contribution in [0, 0.1) is 5.92 Å². The first kappa shape index (κ1) is 31.5. The minimum atomic E-state index is -1.30. The van der Waals surface area contributed by atoms with Crippen LogP contribution in [-0.2, 0) is 23.3 Å². The SMILES string of the molecule is CCOC(=O)NCCCC(O)(c1cccc(Cl)c1-c1cccc(CC)c1)C1CCCN(C(=O)c2ccc(CN)cc2)C1. The van der Waals surface area contributed by atoms with Gasteiger partial charge in [-0.1, -0.05) is 67.1 Å². The molecule has 0 radical (unpaired) electrons. The Morgan fingerprint density at radius 1 is 1.10 bits per heavy atom. The molecule has 3 aromatic rings. The Balaban J connectivity index is 1.69. The summed E-state index contributed by atoms with van der Waals surface area (Å²) in [6, 6.07) is 21.3. The Morgan fingerprint density at radius 3 is 2.57 bits per heavy atom. The maximum absolute atomic E-state index is 13.5. The standard InChI is InChI=1S/C34H42ClN3O4/c1-3-24-9-5-10-27(21-24)31-29(12-6-13-30(31)35)34(41,18-8-19-37-33(40)42-4-2)28-11-7-20-38(23-28)32(39)26-16-14-25(22-36)15-17-26/h5-6,9-10,12-17,21,28,41H,3-4,7-8,11,18-20,22-23,36H2,1-2H3,(H,37,40). The Morgan fingerprint density at radius 2 is 1.86 bits per heavy atom. The summed E-state index contributed by atoms with van der Waals surface area (Å²) in [7, 11) is 0. The Hall–Kier alpha value is -3.39. The van der Waals surface area contributed by atoms with Crippen LogP contribution in [0.3, 0.4) is 0 Å². The first-order chi connectivity index (χ1) is 20.3. The number of benzene rings is 3. The Labute approximate surface area is 254 Å². The second-order valence-electron chi connectivity index (χ2n) is 10.9. The molecule has 1 fully saturated rings. The van der Waals surface area contributed by atoms with Gasteiger partial charge >= 0.3 is 6.09 Å². The molecule has 3 aromatic carbocycles. The number of aryl methyl sites for hydroxylation is 1. The van der Waals surface area contributed by atoms with E-state index in [0.29, 0.717) is 56.2 Å². The average molecular weight is 592 g/mol. The molecule has 7 nitrogen and oxygen atoms in total. The maximum Gasteiger partial charge on any atom is 0.407 e. The molecule has 4 rings (SSSR count). The molecular weight excluding hydrogens is 550 g/mol. The van der Waals surface area contributed by atoms with Crippen molar-refractivity contribution in [2.75, 3.05) is 26.2 Å². The summed E-state index contributed by atoms with van der Waals surface area (Å²) in [6.45, 7) is 5.95. The predicted molar refractivity (Wildman–Crippen MR) is 167 cm³/mol. The van der Waals surface area contributed by atoms with Crippen molar-refractivity contribution in [3.63, 3.8) is 0 Å². The summed E-state index contributed by atoms with van der Waals surface area (Å²) in [6.07, 6.45) is 2.81. The summed E-state index contributed by atoms with van der Waals surface area (Å²) in [5.41, 5.74) is 9.68. The minimum Gasteiger partial charge on any atom is -0.450 e. The Kier molecular flexibility index (Phi) is 11.0. The number of nitrogens with zero attached hydrogens (tertiary/aromatic N) is 1. The Bertz CT molecular complexity index is 1360. The number of aliphatic hydroxyl groups is 1. The van der Waals surface area contributed by atoms with E-state index in [1.807, 2.05) is 59.5 Å². The highest BCUT2D eigenvalue weighted by molar-refractivity contribution is 6.33. The monoisotopic (exact) mass is 591 g/mol. The molecule has 2 unspecified atom stereocenters. The summed E-state index contributed by atoms with van der Waals surface area (Å²) in [5.74, 6) is -0.302. The molecule has 1 aliphatic rings. The lowest BCUT2D eigenvalue weighted by Crippen LogP contribution is -2.48. The zero-order chi connectivity index (χ0) is 30.1. The van der Waals surface area contributed by atoms with Crippen LogP contribution in [-0.4, -0.2) is 48.2 Å². The molecule has 2 atom stereocenters. The fourth-order valence-corrected chi connectivity index (χ4v) is 6.22. The van der Waals surface area contributed by atoms with Crippen molar-refractivity contribution in [1.29, 1.82) is 0 Å². The van der Waals surface area contributed by atoms with E-state index in [2.05, 4.69) is 24.4 Å². The van der Waals surface area contributed by atoms with Crippen molar-refractivity contribution < 1.29 is 19.4 Å². The number of piperidine rings is 1. The molecule has 0 aromatic heterocycles. The van der Waals surface area contributed by atoms with Crippen molar-refractivity contribution in [2.45, 2.75) is 58.1 Å². The fourth-order valence-electron chi connectivity index (χ4n) is 5.93.